The van der Waals surface area contributed by atoms with Crippen LogP contribution in [0, 0.1) is 17.3 Å². The van der Waals surface area contributed by atoms with Gasteiger partial charge in [0.15, 0.2) is 5.96 Å². The highest BCUT2D eigenvalue weighted by Crippen LogP contribution is 2.62. The summed E-state index contributed by atoms with van der Waals surface area (Å²) in [5.74, 6) is -0.00581. The highest BCUT2D eigenvalue weighted by atomic mass is 19.4. The zero-order chi connectivity index (χ0) is 17.7. The van der Waals surface area contributed by atoms with Crippen LogP contribution < -0.4 is 10.6 Å². The third kappa shape index (κ3) is 2.92. The van der Waals surface area contributed by atoms with E-state index in [1.54, 1.807) is 7.05 Å². The largest absolute Gasteiger partial charge is 0.391 e. The number of rotatable bonds is 2. The smallest absolute Gasteiger partial charge is 0.377 e. The lowest BCUT2D eigenvalue weighted by Crippen LogP contribution is -2.72. The monoisotopic (exact) mass is 359 g/mol. The summed E-state index contributed by atoms with van der Waals surface area (Å²) in [6.07, 6.45) is 2.76. The Labute approximate surface area is 147 Å². The molecule has 1 aliphatic heterocycles. The van der Waals surface area contributed by atoms with Gasteiger partial charge in [-0.1, -0.05) is 12.8 Å². The summed E-state index contributed by atoms with van der Waals surface area (Å²) in [6.45, 7) is 0.831. The van der Waals surface area contributed by atoms with Gasteiger partial charge in [-0.25, -0.2) is 0 Å². The van der Waals surface area contributed by atoms with E-state index in [1.165, 1.54) is 19.3 Å². The molecule has 0 amide bonds. The van der Waals surface area contributed by atoms with Gasteiger partial charge in [0.2, 0.25) is 0 Å². The maximum atomic E-state index is 13.0. The van der Waals surface area contributed by atoms with Crippen LogP contribution in [0.3, 0.4) is 0 Å². The number of ether oxygens (including phenoxy) is 1. The van der Waals surface area contributed by atoms with E-state index in [2.05, 4.69) is 15.6 Å². The van der Waals surface area contributed by atoms with E-state index in [-0.39, 0.29) is 24.3 Å². The van der Waals surface area contributed by atoms with E-state index in [9.17, 15) is 13.2 Å². The van der Waals surface area contributed by atoms with E-state index in [0.29, 0.717) is 30.4 Å². The molecule has 0 bridgehead atoms. The Morgan fingerprint density at radius 3 is 2.56 bits per heavy atom. The lowest BCUT2D eigenvalue weighted by molar-refractivity contribution is -0.183. The summed E-state index contributed by atoms with van der Waals surface area (Å²) in [6, 6.07) is 0.196. The first-order valence-corrected chi connectivity index (χ1v) is 9.62. The van der Waals surface area contributed by atoms with Crippen molar-refractivity contribution in [3.8, 4) is 0 Å². The molecule has 5 unspecified atom stereocenters. The van der Waals surface area contributed by atoms with Gasteiger partial charge >= 0.3 is 6.18 Å². The Kier molecular flexibility index (Phi) is 4.41. The summed E-state index contributed by atoms with van der Waals surface area (Å²) < 4.78 is 45.0. The number of guanidine groups is 1. The fourth-order valence-corrected chi connectivity index (χ4v) is 5.59. The molecule has 0 aromatic heterocycles. The average molecular weight is 359 g/mol. The third-order valence-electron chi connectivity index (χ3n) is 7.03. The minimum Gasteiger partial charge on any atom is -0.377 e. The van der Waals surface area contributed by atoms with Gasteiger partial charge < -0.3 is 15.4 Å². The van der Waals surface area contributed by atoms with E-state index < -0.39 is 12.1 Å². The zero-order valence-electron chi connectivity index (χ0n) is 14.7. The topological polar surface area (TPSA) is 45.7 Å². The van der Waals surface area contributed by atoms with Crippen molar-refractivity contribution in [2.75, 3.05) is 13.7 Å². The predicted octanol–water partition coefficient (Wildman–Crippen LogP) is 3.23. The molecule has 142 valence electrons. The SMILES string of the molecule is CN=C(NC1CCCC(C(F)(F)F)C1)NC1C2CCOC2C12CCC2. The molecular weight excluding hydrogens is 331 g/mol. The summed E-state index contributed by atoms with van der Waals surface area (Å²) in [4.78, 5) is 4.30. The maximum absolute atomic E-state index is 13.0. The number of alkyl halides is 3. The van der Waals surface area contributed by atoms with Gasteiger partial charge in [-0.05, 0) is 38.5 Å². The first-order chi connectivity index (χ1) is 11.9. The zero-order valence-corrected chi connectivity index (χ0v) is 14.7. The maximum Gasteiger partial charge on any atom is 0.391 e. The van der Waals surface area contributed by atoms with Crippen molar-refractivity contribution in [1.29, 1.82) is 0 Å². The van der Waals surface area contributed by atoms with E-state index in [4.69, 9.17) is 4.74 Å². The summed E-state index contributed by atoms with van der Waals surface area (Å²) in [5.41, 5.74) is 0.236. The Morgan fingerprint density at radius 2 is 1.92 bits per heavy atom. The van der Waals surface area contributed by atoms with Crippen molar-refractivity contribution in [3.63, 3.8) is 0 Å². The van der Waals surface area contributed by atoms with Crippen LogP contribution in [0.15, 0.2) is 4.99 Å². The molecule has 4 rings (SSSR count). The van der Waals surface area contributed by atoms with Crippen LogP contribution in [0.4, 0.5) is 13.2 Å². The second-order valence-electron chi connectivity index (χ2n) is 8.27. The van der Waals surface area contributed by atoms with E-state index in [1.807, 2.05) is 0 Å². The quantitative estimate of drug-likeness (QED) is 0.588. The van der Waals surface area contributed by atoms with Crippen molar-refractivity contribution >= 4 is 5.96 Å². The molecule has 0 aromatic rings. The molecule has 4 fully saturated rings. The molecule has 25 heavy (non-hydrogen) atoms. The number of nitrogens with zero attached hydrogens (tertiary/aromatic N) is 1. The first-order valence-electron chi connectivity index (χ1n) is 9.62. The fraction of sp³-hybridized carbons (Fsp3) is 0.944. The van der Waals surface area contributed by atoms with Gasteiger partial charge in [0.25, 0.3) is 0 Å². The van der Waals surface area contributed by atoms with Crippen LogP contribution in [-0.2, 0) is 4.74 Å². The number of nitrogens with one attached hydrogen (secondary N) is 2. The Bertz CT molecular complexity index is 532. The molecule has 7 heteroatoms. The molecule has 1 saturated heterocycles. The Morgan fingerprint density at radius 1 is 1.12 bits per heavy atom. The van der Waals surface area contributed by atoms with Gasteiger partial charge in [0.1, 0.15) is 0 Å². The first kappa shape index (κ1) is 17.4. The molecule has 4 nitrogen and oxygen atoms in total. The Balaban J connectivity index is 1.37. The van der Waals surface area contributed by atoms with Gasteiger partial charge in [-0.15, -0.1) is 0 Å². The molecule has 3 aliphatic carbocycles. The molecule has 1 spiro atoms. The van der Waals surface area contributed by atoms with Crippen LogP contribution >= 0.6 is 0 Å². The standard InChI is InChI=1S/C18H28F3N3O/c1-22-16(23-12-5-2-4-11(10-12)18(19,20)21)24-14-13-6-9-25-15(13)17(14)7-3-8-17/h11-15H,2-10H2,1H3,(H2,22,23,24). The highest BCUT2D eigenvalue weighted by Gasteiger charge is 2.66. The number of hydrogen-bond acceptors (Lipinski definition) is 2. The number of halogens is 3. The van der Waals surface area contributed by atoms with Crippen molar-refractivity contribution in [2.45, 2.75) is 75.7 Å². The van der Waals surface area contributed by atoms with Crippen molar-refractivity contribution in [3.05, 3.63) is 0 Å². The second-order valence-corrected chi connectivity index (χ2v) is 8.27. The van der Waals surface area contributed by atoms with Gasteiger partial charge in [0, 0.05) is 37.1 Å². The number of aliphatic imine (C=N–C) groups is 1. The van der Waals surface area contributed by atoms with Crippen LogP contribution in [-0.4, -0.2) is 44.0 Å². The average Bonchev–Trinajstić information content (AvgIpc) is 2.94. The van der Waals surface area contributed by atoms with Crippen LogP contribution in [0.5, 0.6) is 0 Å². The lowest BCUT2D eigenvalue weighted by Gasteiger charge is -2.63. The minimum atomic E-state index is -4.09. The van der Waals surface area contributed by atoms with Crippen molar-refractivity contribution < 1.29 is 17.9 Å². The van der Waals surface area contributed by atoms with Crippen molar-refractivity contribution in [1.82, 2.24) is 10.6 Å². The molecule has 0 radical (unpaired) electrons. The molecule has 0 aromatic carbocycles. The molecule has 1 heterocycles. The molecule has 4 aliphatic rings. The molecule has 5 atom stereocenters. The highest BCUT2D eigenvalue weighted by molar-refractivity contribution is 5.80. The number of fused-ring (bicyclic) bond motifs is 2. The molecule has 2 N–H and O–H groups in total. The fourth-order valence-electron chi connectivity index (χ4n) is 5.59. The summed E-state index contributed by atoms with van der Waals surface area (Å²) in [7, 11) is 1.70. The van der Waals surface area contributed by atoms with Crippen LogP contribution in [0.25, 0.3) is 0 Å². The summed E-state index contributed by atoms with van der Waals surface area (Å²) >= 11 is 0. The van der Waals surface area contributed by atoms with Gasteiger partial charge in [0.05, 0.1) is 12.0 Å². The second kappa shape index (κ2) is 6.32. The van der Waals surface area contributed by atoms with Crippen LogP contribution in [0.2, 0.25) is 0 Å². The third-order valence-corrected chi connectivity index (χ3v) is 7.03. The number of hydrogen-bond donors (Lipinski definition) is 2. The summed E-state index contributed by atoms with van der Waals surface area (Å²) in [5, 5.41) is 6.82. The van der Waals surface area contributed by atoms with Crippen LogP contribution in [0.1, 0.15) is 51.4 Å². The molecule has 3 saturated carbocycles. The van der Waals surface area contributed by atoms with Gasteiger partial charge in [-0.3, -0.25) is 4.99 Å². The normalized spacial score (nSPS) is 40.2. The van der Waals surface area contributed by atoms with E-state index in [0.717, 1.165) is 19.4 Å². The minimum absolute atomic E-state index is 0.148. The van der Waals surface area contributed by atoms with E-state index >= 15 is 0 Å². The van der Waals surface area contributed by atoms with Gasteiger partial charge in [-0.2, -0.15) is 13.2 Å². The molecular formula is C18H28F3N3O. The predicted molar refractivity (Wildman–Crippen MR) is 89.4 cm³/mol. The lowest BCUT2D eigenvalue weighted by atomic mass is 9.46. The van der Waals surface area contributed by atoms with Crippen molar-refractivity contribution in [2.24, 2.45) is 22.2 Å². The Hall–Kier alpha value is -0.980.